The fourth-order valence-corrected chi connectivity index (χ4v) is 7.07. The number of allylic oxidation sites excluding steroid dienone is 3. The number of carboxylic acids is 1. The lowest BCUT2D eigenvalue weighted by molar-refractivity contribution is -0.332. The van der Waals surface area contributed by atoms with Crippen LogP contribution < -0.4 is 22.1 Å². The molecule has 3 fully saturated rings. The third-order valence-corrected chi connectivity index (χ3v) is 10.5. The van der Waals surface area contributed by atoms with E-state index in [2.05, 4.69) is 22.2 Å². The Morgan fingerprint density at radius 2 is 1.81 bits per heavy atom. The first-order chi connectivity index (χ1) is 25.5. The Hall–Kier alpha value is -3.42. The van der Waals surface area contributed by atoms with Crippen molar-refractivity contribution < 1.29 is 58.1 Å². The van der Waals surface area contributed by atoms with Crippen LogP contribution in [0.15, 0.2) is 41.4 Å². The molecule has 17 nitrogen and oxygen atoms in total. The number of aliphatic hydroxyl groups excluding tert-OH is 2. The van der Waals surface area contributed by atoms with Gasteiger partial charge in [0.2, 0.25) is 11.7 Å². The first kappa shape index (κ1) is 45.0. The largest absolute Gasteiger partial charge is 0.480 e. The van der Waals surface area contributed by atoms with Gasteiger partial charge in [0.05, 0.1) is 24.4 Å². The van der Waals surface area contributed by atoms with E-state index in [0.29, 0.717) is 25.7 Å². The van der Waals surface area contributed by atoms with Gasteiger partial charge in [-0.25, -0.2) is 4.79 Å². The monoisotopic (exact) mass is 767 g/mol. The molecule has 0 aromatic carbocycles. The third-order valence-electron chi connectivity index (χ3n) is 10.5. The Bertz CT molecular complexity index is 1370. The van der Waals surface area contributed by atoms with Crippen LogP contribution in [0.4, 0.5) is 0 Å². The number of hydrogen-bond acceptors (Lipinski definition) is 12. The number of methoxy groups -OCH3 is 2. The summed E-state index contributed by atoms with van der Waals surface area (Å²) in [6, 6.07) is -1.07. The van der Waals surface area contributed by atoms with E-state index in [9.17, 15) is 29.7 Å². The van der Waals surface area contributed by atoms with Crippen LogP contribution in [-0.2, 0) is 42.8 Å². The second-order valence-corrected chi connectivity index (χ2v) is 14.7. The molecule has 0 radical (unpaired) electrons. The van der Waals surface area contributed by atoms with Gasteiger partial charge in [-0.3, -0.25) is 14.6 Å². The highest BCUT2D eigenvalue weighted by atomic mass is 16.7. The molecule has 3 aliphatic heterocycles. The molecule has 9 N–H and O–H groups in total. The molecule has 0 aromatic rings. The summed E-state index contributed by atoms with van der Waals surface area (Å²) in [5.41, 5.74) is 10.7. The van der Waals surface area contributed by atoms with Crippen LogP contribution in [0.1, 0.15) is 72.6 Å². The lowest BCUT2D eigenvalue weighted by atomic mass is 9.72. The van der Waals surface area contributed by atoms with E-state index in [4.69, 9.17) is 39.9 Å². The summed E-state index contributed by atoms with van der Waals surface area (Å²) in [5.74, 6) is -4.17. The van der Waals surface area contributed by atoms with Crippen molar-refractivity contribution in [1.82, 2.24) is 10.6 Å². The van der Waals surface area contributed by atoms with Gasteiger partial charge in [-0.2, -0.15) is 0 Å². The number of fused-ring (bicyclic) bond motifs is 1. The molecule has 1 unspecified atom stereocenters. The van der Waals surface area contributed by atoms with Crippen LogP contribution in [-0.4, -0.2) is 127 Å². The van der Waals surface area contributed by atoms with Crippen molar-refractivity contribution in [1.29, 1.82) is 0 Å². The third kappa shape index (κ3) is 11.8. The standard InChI is InChI=1S/C37H61N5O12/c1-21-19-37(50-7,54-23(3)22(21)2)30(45)32(46)42-33-29-28(51-20-52-33)31(49-6)36(4,5)26(53-29)18-24(43)14-11-9-8-10-12-16-27(44)41-25(34(47)48)15-13-17-40-35(38)39/h8,10,12,16,22-26,28-31,33,43,45H,1,9,11,13-15,17-20H2,2-7H3,(H,41,44)(H,42,46)(H,47,48)(H4,38,39,40)/b10-8+,16-12+/t22-,23-,24-,25?,26-,28+,29+,30-,31-,33+,37-/m1/s1. The minimum atomic E-state index is -1.71. The van der Waals surface area contributed by atoms with Crippen LogP contribution in [0.5, 0.6) is 0 Å². The highest BCUT2D eigenvalue weighted by Crippen LogP contribution is 2.44. The van der Waals surface area contributed by atoms with Gasteiger partial charge >= 0.3 is 5.97 Å². The Morgan fingerprint density at radius 1 is 1.09 bits per heavy atom. The van der Waals surface area contributed by atoms with E-state index < -0.39 is 77.9 Å². The van der Waals surface area contributed by atoms with E-state index in [1.807, 2.05) is 33.8 Å². The number of aliphatic imine (C=N–C) groups is 1. The van der Waals surface area contributed by atoms with E-state index in [1.165, 1.54) is 19.3 Å². The molecule has 0 saturated carbocycles. The van der Waals surface area contributed by atoms with Gasteiger partial charge < -0.3 is 65.8 Å². The molecule has 11 atom stereocenters. The number of nitrogens with two attached hydrogens (primary N) is 2. The zero-order chi connectivity index (χ0) is 40.2. The number of carboxylic acid groups (broad SMARTS) is 1. The number of carbonyl (C=O) groups excluding carboxylic acids is 2. The van der Waals surface area contributed by atoms with Crippen LogP contribution >= 0.6 is 0 Å². The molecule has 54 heavy (non-hydrogen) atoms. The molecule has 3 aliphatic rings. The normalized spacial score (nSPS) is 31.3. The van der Waals surface area contributed by atoms with Crippen molar-refractivity contribution in [2.75, 3.05) is 27.6 Å². The summed E-state index contributed by atoms with van der Waals surface area (Å²) < 4.78 is 35.8. The minimum Gasteiger partial charge on any atom is -0.480 e. The summed E-state index contributed by atoms with van der Waals surface area (Å²) in [4.78, 5) is 41.0. The molecule has 3 saturated heterocycles. The zero-order valence-electron chi connectivity index (χ0n) is 32.3. The van der Waals surface area contributed by atoms with E-state index >= 15 is 0 Å². The van der Waals surface area contributed by atoms with Gasteiger partial charge in [0.1, 0.15) is 25.0 Å². The molecule has 17 heteroatoms. The highest BCUT2D eigenvalue weighted by molar-refractivity contribution is 5.91. The van der Waals surface area contributed by atoms with Crippen molar-refractivity contribution in [3.63, 3.8) is 0 Å². The number of nitrogens with one attached hydrogen (secondary N) is 2. The summed E-state index contributed by atoms with van der Waals surface area (Å²) in [6.45, 7) is 11.9. The number of unbranched alkanes of at least 4 members (excludes halogenated alkanes) is 1. The second kappa shape index (κ2) is 20.5. The van der Waals surface area contributed by atoms with Gasteiger partial charge in [0, 0.05) is 51.0 Å². The maximum absolute atomic E-state index is 13.5. The fourth-order valence-electron chi connectivity index (χ4n) is 7.07. The molecule has 2 amide bonds. The highest BCUT2D eigenvalue weighted by Gasteiger charge is 2.57. The molecule has 0 spiro atoms. The number of aliphatic hydroxyl groups is 2. The number of guanidine groups is 1. The van der Waals surface area contributed by atoms with Crippen molar-refractivity contribution in [2.24, 2.45) is 27.8 Å². The Labute approximate surface area is 317 Å². The average Bonchev–Trinajstić information content (AvgIpc) is 3.11. The SMILES string of the molecule is C=C1C[C@](OC)([C@H](O)C(=O)N[C@H]2OCO[C@H]3[C@@H]2O[C@H](C[C@H](O)CCC/C=C/C=C/C(=O)NC(CCCN=C(N)N)C(=O)O)C(C)(C)[C@@H]3OC)O[C@H](C)[C@@H]1C. The van der Waals surface area contributed by atoms with E-state index in [0.717, 1.165) is 5.57 Å². The first-order valence-electron chi connectivity index (χ1n) is 18.4. The molecule has 0 aromatic heterocycles. The number of carbonyl (C=O) groups is 3. The molecule has 306 valence electrons. The summed E-state index contributed by atoms with van der Waals surface area (Å²) in [6.07, 6.45) is 2.67. The Balaban J connectivity index is 1.54. The van der Waals surface area contributed by atoms with Crippen molar-refractivity contribution in [3.8, 4) is 0 Å². The van der Waals surface area contributed by atoms with Gasteiger partial charge in [-0.05, 0) is 39.0 Å². The number of nitrogens with zero attached hydrogens (tertiary/aromatic N) is 1. The van der Waals surface area contributed by atoms with Gasteiger partial charge in [-0.1, -0.05) is 51.2 Å². The molecule has 0 aliphatic carbocycles. The molecular weight excluding hydrogens is 706 g/mol. The topological polar surface area (TPSA) is 256 Å². The number of amides is 2. The quantitative estimate of drug-likeness (QED) is 0.0242. The smallest absolute Gasteiger partial charge is 0.326 e. The van der Waals surface area contributed by atoms with Crippen LogP contribution in [0.3, 0.4) is 0 Å². The molecule has 0 bridgehead atoms. The van der Waals surface area contributed by atoms with Crippen LogP contribution in [0.25, 0.3) is 0 Å². The second-order valence-electron chi connectivity index (χ2n) is 14.7. The molecular formula is C37H61N5O12. The lowest BCUT2D eigenvalue weighted by Crippen LogP contribution is -2.69. The van der Waals surface area contributed by atoms with Crippen LogP contribution in [0.2, 0.25) is 0 Å². The van der Waals surface area contributed by atoms with Crippen molar-refractivity contribution in [3.05, 3.63) is 36.5 Å². The van der Waals surface area contributed by atoms with Gasteiger partial charge in [-0.15, -0.1) is 0 Å². The number of rotatable bonds is 19. The fraction of sp³-hybridized carbons (Fsp3) is 0.730. The van der Waals surface area contributed by atoms with Gasteiger partial charge in [0.25, 0.3) is 5.91 Å². The average molecular weight is 768 g/mol. The van der Waals surface area contributed by atoms with E-state index in [1.54, 1.807) is 13.2 Å². The van der Waals surface area contributed by atoms with Gasteiger partial charge in [0.15, 0.2) is 18.3 Å². The number of aliphatic carboxylic acids is 1. The minimum absolute atomic E-state index is 0.0153. The molecule has 3 rings (SSSR count). The predicted molar refractivity (Wildman–Crippen MR) is 197 cm³/mol. The molecule has 3 heterocycles. The predicted octanol–water partition coefficient (Wildman–Crippen LogP) is 0.972. The van der Waals surface area contributed by atoms with Crippen LogP contribution in [0, 0.1) is 11.3 Å². The Morgan fingerprint density at radius 3 is 2.44 bits per heavy atom. The summed E-state index contributed by atoms with van der Waals surface area (Å²) in [7, 11) is 2.94. The zero-order valence-corrected chi connectivity index (χ0v) is 32.3. The lowest BCUT2D eigenvalue weighted by Gasteiger charge is -2.54. The summed E-state index contributed by atoms with van der Waals surface area (Å²) in [5, 5.41) is 36.9. The van der Waals surface area contributed by atoms with Crippen molar-refractivity contribution >= 4 is 23.7 Å². The Kier molecular flexibility index (Phi) is 17.1. The maximum atomic E-state index is 13.5. The summed E-state index contributed by atoms with van der Waals surface area (Å²) >= 11 is 0. The van der Waals surface area contributed by atoms with E-state index in [-0.39, 0.29) is 50.6 Å². The number of ether oxygens (including phenoxy) is 6. The first-order valence-corrected chi connectivity index (χ1v) is 18.4. The maximum Gasteiger partial charge on any atom is 0.326 e. The number of hydrogen-bond donors (Lipinski definition) is 7. The van der Waals surface area contributed by atoms with Crippen molar-refractivity contribution in [2.45, 2.75) is 133 Å².